The van der Waals surface area contributed by atoms with Gasteiger partial charge in [0.2, 0.25) is 5.91 Å². The van der Waals surface area contributed by atoms with E-state index in [2.05, 4.69) is 16.0 Å². The molecule has 0 aromatic heterocycles. The normalized spacial score (nSPS) is 10.2. The van der Waals surface area contributed by atoms with Crippen molar-refractivity contribution in [2.45, 2.75) is 4.90 Å². The quantitative estimate of drug-likeness (QED) is 0.339. The zero-order valence-electron chi connectivity index (χ0n) is 14.8. The number of hydrogen-bond donors (Lipinski definition) is 3. The molecule has 0 radical (unpaired) electrons. The first-order valence-electron chi connectivity index (χ1n) is 8.50. The van der Waals surface area contributed by atoms with E-state index in [-0.39, 0.29) is 5.91 Å². The van der Waals surface area contributed by atoms with Crippen LogP contribution in [0, 0.1) is 0 Å². The molecule has 0 bridgehead atoms. The number of halogens is 1. The molecule has 0 atom stereocenters. The maximum atomic E-state index is 12.1. The first-order chi connectivity index (χ1) is 13.6. The van der Waals surface area contributed by atoms with Gasteiger partial charge in [0.15, 0.2) is 5.11 Å². The summed E-state index contributed by atoms with van der Waals surface area (Å²) in [7, 11) is 0. The second-order valence-corrected chi connectivity index (χ2v) is 7.65. The first kappa shape index (κ1) is 20.2. The first-order valence-corrected chi connectivity index (χ1v) is 10.3. The van der Waals surface area contributed by atoms with Gasteiger partial charge in [-0.2, -0.15) is 0 Å². The number of carbonyl (C=O) groups is 1. The van der Waals surface area contributed by atoms with E-state index in [4.69, 9.17) is 23.8 Å². The minimum atomic E-state index is -0.103. The maximum Gasteiger partial charge on any atom is 0.234 e. The predicted molar refractivity (Wildman–Crippen MR) is 124 cm³/mol. The van der Waals surface area contributed by atoms with Crippen LogP contribution in [-0.2, 0) is 4.79 Å². The highest BCUT2D eigenvalue weighted by molar-refractivity contribution is 8.00. The van der Waals surface area contributed by atoms with Crippen LogP contribution < -0.4 is 16.0 Å². The number of anilines is 3. The summed E-state index contributed by atoms with van der Waals surface area (Å²) in [5, 5.41) is 10.1. The molecule has 0 aliphatic heterocycles. The molecule has 3 aromatic carbocycles. The van der Waals surface area contributed by atoms with Crippen molar-refractivity contribution in [3.63, 3.8) is 0 Å². The highest BCUT2D eigenvalue weighted by Gasteiger charge is 2.06. The van der Waals surface area contributed by atoms with Gasteiger partial charge in [0.1, 0.15) is 0 Å². The summed E-state index contributed by atoms with van der Waals surface area (Å²) in [5.41, 5.74) is 2.42. The van der Waals surface area contributed by atoms with Crippen molar-refractivity contribution in [2.75, 3.05) is 21.7 Å². The maximum absolute atomic E-state index is 12.1. The van der Waals surface area contributed by atoms with Crippen LogP contribution in [0.5, 0.6) is 0 Å². The van der Waals surface area contributed by atoms with Crippen molar-refractivity contribution in [3.8, 4) is 0 Å². The van der Waals surface area contributed by atoms with Crippen LogP contribution in [-0.4, -0.2) is 16.8 Å². The number of thiocarbonyl (C=S) groups is 1. The van der Waals surface area contributed by atoms with Crippen molar-refractivity contribution in [1.82, 2.24) is 0 Å². The number of benzene rings is 3. The molecule has 0 saturated heterocycles. The number of nitrogens with one attached hydrogen (secondary N) is 3. The Morgan fingerprint density at radius 1 is 0.821 bits per heavy atom. The van der Waals surface area contributed by atoms with E-state index in [0.29, 0.717) is 21.6 Å². The number of para-hydroxylation sites is 2. The molecule has 7 heteroatoms. The lowest BCUT2D eigenvalue weighted by molar-refractivity contribution is -0.113. The average Bonchev–Trinajstić information content (AvgIpc) is 2.70. The monoisotopic (exact) mass is 427 g/mol. The van der Waals surface area contributed by atoms with E-state index in [1.165, 1.54) is 11.8 Å². The van der Waals surface area contributed by atoms with Crippen molar-refractivity contribution < 1.29 is 4.79 Å². The molecule has 0 unspecified atom stereocenters. The Balaban J connectivity index is 1.47. The van der Waals surface area contributed by atoms with Crippen molar-refractivity contribution in [2.24, 2.45) is 0 Å². The summed E-state index contributed by atoms with van der Waals surface area (Å²) in [4.78, 5) is 13.1. The topological polar surface area (TPSA) is 53.2 Å². The number of thioether (sulfide) groups is 1. The molecule has 142 valence electrons. The summed E-state index contributed by atoms with van der Waals surface area (Å²) in [6.07, 6.45) is 0. The molecule has 1 amide bonds. The summed E-state index contributed by atoms with van der Waals surface area (Å²) >= 11 is 12.8. The third-order valence-corrected chi connectivity index (χ3v) is 5.21. The molecule has 0 spiro atoms. The Morgan fingerprint density at radius 3 is 2.11 bits per heavy atom. The van der Waals surface area contributed by atoms with Crippen LogP contribution in [0.2, 0.25) is 5.02 Å². The van der Waals surface area contributed by atoms with Gasteiger partial charge >= 0.3 is 0 Å². The van der Waals surface area contributed by atoms with Crippen LogP contribution in [0.15, 0.2) is 83.8 Å². The minimum absolute atomic E-state index is 0.103. The molecule has 3 N–H and O–H groups in total. The van der Waals surface area contributed by atoms with Gasteiger partial charge in [-0.15, -0.1) is 11.8 Å². The molecular formula is C21H18ClN3OS2. The second-order valence-electron chi connectivity index (χ2n) is 5.79. The summed E-state index contributed by atoms with van der Waals surface area (Å²) in [6, 6.07) is 24.6. The van der Waals surface area contributed by atoms with E-state index in [1.807, 2.05) is 66.7 Å². The third-order valence-electron chi connectivity index (χ3n) is 3.66. The largest absolute Gasteiger partial charge is 0.332 e. The number of amides is 1. The zero-order valence-corrected chi connectivity index (χ0v) is 17.2. The number of carbonyl (C=O) groups excluding carboxylic acids is 1. The number of hydrogen-bond acceptors (Lipinski definition) is 3. The fourth-order valence-corrected chi connectivity index (χ4v) is 3.46. The van der Waals surface area contributed by atoms with Crippen LogP contribution in [0.25, 0.3) is 0 Å². The van der Waals surface area contributed by atoms with E-state index >= 15 is 0 Å². The molecule has 0 aliphatic rings. The van der Waals surface area contributed by atoms with Gasteiger partial charge in [0.25, 0.3) is 0 Å². The Kier molecular flexibility index (Phi) is 7.31. The Labute approximate surface area is 178 Å². The molecule has 28 heavy (non-hydrogen) atoms. The molecule has 0 fully saturated rings. The van der Waals surface area contributed by atoms with Gasteiger partial charge in [0, 0.05) is 16.3 Å². The highest BCUT2D eigenvalue weighted by atomic mass is 35.5. The van der Waals surface area contributed by atoms with Gasteiger partial charge in [-0.1, -0.05) is 41.9 Å². The fraction of sp³-hybridized carbons (Fsp3) is 0.0476. The van der Waals surface area contributed by atoms with Gasteiger partial charge in [0.05, 0.1) is 16.5 Å². The smallest absolute Gasteiger partial charge is 0.234 e. The standard InChI is InChI=1S/C21H18ClN3OS2/c22-18-8-4-5-9-19(18)25-20(26)14-28-17-12-10-16(11-13-17)24-21(27)23-15-6-2-1-3-7-15/h1-13H,14H2,(H,25,26)(H2,23,24,27). The minimum Gasteiger partial charge on any atom is -0.332 e. The average molecular weight is 428 g/mol. The van der Waals surface area contributed by atoms with E-state index < -0.39 is 0 Å². The van der Waals surface area contributed by atoms with Crippen LogP contribution >= 0.6 is 35.6 Å². The fourth-order valence-electron chi connectivity index (χ4n) is 2.35. The molecular weight excluding hydrogens is 410 g/mol. The van der Waals surface area contributed by atoms with Gasteiger partial charge in [-0.3, -0.25) is 4.79 Å². The predicted octanol–water partition coefficient (Wildman–Crippen LogP) is 5.88. The number of rotatable bonds is 6. The zero-order chi connectivity index (χ0) is 19.8. The third kappa shape index (κ3) is 6.27. The van der Waals surface area contributed by atoms with Crippen molar-refractivity contribution >= 4 is 63.7 Å². The summed E-state index contributed by atoms with van der Waals surface area (Å²) in [6.45, 7) is 0. The van der Waals surface area contributed by atoms with Crippen molar-refractivity contribution in [1.29, 1.82) is 0 Å². The molecule has 4 nitrogen and oxygen atoms in total. The summed E-state index contributed by atoms with van der Waals surface area (Å²) in [5.74, 6) is 0.194. The van der Waals surface area contributed by atoms with Gasteiger partial charge in [-0.05, 0) is 60.7 Å². The highest BCUT2D eigenvalue weighted by Crippen LogP contribution is 2.23. The Morgan fingerprint density at radius 2 is 1.43 bits per heavy atom. The van der Waals surface area contributed by atoms with Gasteiger partial charge < -0.3 is 16.0 Å². The van der Waals surface area contributed by atoms with Crippen LogP contribution in [0.4, 0.5) is 17.1 Å². The molecule has 3 rings (SSSR count). The SMILES string of the molecule is O=C(CSc1ccc(NC(=S)Nc2ccccc2)cc1)Nc1ccccc1Cl. The molecule has 0 heterocycles. The van der Waals surface area contributed by atoms with Crippen LogP contribution in [0.3, 0.4) is 0 Å². The van der Waals surface area contributed by atoms with Gasteiger partial charge in [-0.25, -0.2) is 0 Å². The lowest BCUT2D eigenvalue weighted by Gasteiger charge is -2.11. The van der Waals surface area contributed by atoms with E-state index in [9.17, 15) is 4.79 Å². The Bertz CT molecular complexity index is 949. The summed E-state index contributed by atoms with van der Waals surface area (Å²) < 4.78 is 0. The van der Waals surface area contributed by atoms with Crippen molar-refractivity contribution in [3.05, 3.63) is 83.9 Å². The van der Waals surface area contributed by atoms with E-state index in [0.717, 1.165) is 16.3 Å². The molecule has 0 saturated carbocycles. The molecule has 0 aliphatic carbocycles. The lowest BCUT2D eigenvalue weighted by atomic mass is 10.3. The Hall–Kier alpha value is -2.54. The van der Waals surface area contributed by atoms with Crippen LogP contribution in [0.1, 0.15) is 0 Å². The lowest BCUT2D eigenvalue weighted by Crippen LogP contribution is -2.18. The molecule has 3 aromatic rings. The second kappa shape index (κ2) is 10.1. The van der Waals surface area contributed by atoms with E-state index in [1.54, 1.807) is 12.1 Å².